The highest BCUT2D eigenvalue weighted by molar-refractivity contribution is 5.03. The van der Waals surface area contributed by atoms with Gasteiger partial charge in [0.1, 0.15) is 0 Å². The highest BCUT2D eigenvalue weighted by atomic mass is 15.3. The van der Waals surface area contributed by atoms with E-state index in [2.05, 4.69) is 46.4 Å². The van der Waals surface area contributed by atoms with Gasteiger partial charge in [0.25, 0.3) is 0 Å². The van der Waals surface area contributed by atoms with E-state index >= 15 is 0 Å². The summed E-state index contributed by atoms with van der Waals surface area (Å²) in [6.45, 7) is 17.0. The zero-order valence-electron chi connectivity index (χ0n) is 12.8. The summed E-state index contributed by atoms with van der Waals surface area (Å²) in [6, 6.07) is 0. The maximum atomic E-state index is 2.66. The summed E-state index contributed by atoms with van der Waals surface area (Å²) in [6.07, 6.45) is 5.87. The molecule has 0 aromatic carbocycles. The Morgan fingerprint density at radius 3 is 2.06 bits per heavy atom. The average molecular weight is 237 g/mol. The predicted molar refractivity (Wildman–Crippen MR) is 75.2 cm³/mol. The highest BCUT2D eigenvalue weighted by Crippen LogP contribution is 2.51. The normalized spacial score (nSPS) is 30.4. The molecule has 0 radical (unpaired) electrons. The van der Waals surface area contributed by atoms with E-state index in [1.165, 1.54) is 38.8 Å². The lowest BCUT2D eigenvalue weighted by molar-refractivity contribution is -0.0999. The summed E-state index contributed by atoms with van der Waals surface area (Å²) in [4.78, 5) is 2.66. The van der Waals surface area contributed by atoms with Crippen molar-refractivity contribution in [2.75, 3.05) is 13.1 Å². The molecule has 0 aromatic rings. The first-order valence-corrected chi connectivity index (χ1v) is 7.38. The van der Waals surface area contributed by atoms with Gasteiger partial charge in [-0.3, -0.25) is 4.90 Å². The molecule has 0 amide bonds. The Hall–Kier alpha value is -0.0400. The molecular formula is C16H31N. The van der Waals surface area contributed by atoms with Crippen molar-refractivity contribution < 1.29 is 0 Å². The molecule has 2 rings (SSSR count). The van der Waals surface area contributed by atoms with Crippen molar-refractivity contribution in [3.8, 4) is 0 Å². The van der Waals surface area contributed by atoms with Gasteiger partial charge in [0.15, 0.2) is 0 Å². The van der Waals surface area contributed by atoms with E-state index in [4.69, 9.17) is 0 Å². The fourth-order valence-corrected chi connectivity index (χ4v) is 3.71. The molecule has 1 heterocycles. The summed E-state index contributed by atoms with van der Waals surface area (Å²) in [5.41, 5.74) is 1.57. The fraction of sp³-hybridized carbons (Fsp3) is 1.00. The van der Waals surface area contributed by atoms with Crippen LogP contribution in [0.5, 0.6) is 0 Å². The Balaban J connectivity index is 1.96. The van der Waals surface area contributed by atoms with Crippen LogP contribution in [0.15, 0.2) is 0 Å². The highest BCUT2D eigenvalue weighted by Gasteiger charge is 2.50. The van der Waals surface area contributed by atoms with Crippen LogP contribution in [0.2, 0.25) is 0 Å². The van der Waals surface area contributed by atoms with Gasteiger partial charge in [-0.1, -0.05) is 27.2 Å². The largest absolute Gasteiger partial charge is 0.297 e. The van der Waals surface area contributed by atoms with Crippen molar-refractivity contribution in [3.05, 3.63) is 0 Å². The second-order valence-electron chi connectivity index (χ2n) is 8.69. The topological polar surface area (TPSA) is 3.24 Å². The Bertz CT molecular complexity index is 273. The van der Waals surface area contributed by atoms with Gasteiger partial charge in [-0.2, -0.15) is 0 Å². The number of nitrogens with zero attached hydrogens (tertiary/aromatic N) is 1. The van der Waals surface area contributed by atoms with Crippen LogP contribution in [0.25, 0.3) is 0 Å². The van der Waals surface area contributed by atoms with Crippen molar-refractivity contribution in [2.45, 2.75) is 72.8 Å². The Labute approximate surface area is 108 Å². The van der Waals surface area contributed by atoms with Crippen LogP contribution in [0.4, 0.5) is 0 Å². The van der Waals surface area contributed by atoms with E-state index in [0.29, 0.717) is 16.4 Å². The molecule has 1 unspecified atom stereocenters. The molecule has 2 aliphatic rings. The molecule has 2 fully saturated rings. The lowest BCUT2D eigenvalue weighted by Gasteiger charge is -2.59. The Morgan fingerprint density at radius 1 is 1.00 bits per heavy atom. The van der Waals surface area contributed by atoms with Crippen LogP contribution >= 0.6 is 0 Å². The van der Waals surface area contributed by atoms with Crippen molar-refractivity contribution >= 4 is 0 Å². The monoisotopic (exact) mass is 237 g/mol. The van der Waals surface area contributed by atoms with Gasteiger partial charge in [0.05, 0.1) is 0 Å². The van der Waals surface area contributed by atoms with Gasteiger partial charge in [-0.05, 0) is 56.8 Å². The van der Waals surface area contributed by atoms with E-state index in [-0.39, 0.29) is 0 Å². The van der Waals surface area contributed by atoms with Crippen LogP contribution in [-0.2, 0) is 0 Å². The number of hydrogen-bond donors (Lipinski definition) is 0. The second-order valence-corrected chi connectivity index (χ2v) is 8.69. The van der Waals surface area contributed by atoms with Crippen molar-refractivity contribution in [1.29, 1.82) is 0 Å². The molecule has 0 N–H and O–H groups in total. The van der Waals surface area contributed by atoms with E-state index in [9.17, 15) is 0 Å². The van der Waals surface area contributed by atoms with Crippen LogP contribution in [0, 0.1) is 16.7 Å². The number of hydrogen-bond acceptors (Lipinski definition) is 1. The molecule has 0 bridgehead atoms. The first kappa shape index (κ1) is 13.4. The molecule has 17 heavy (non-hydrogen) atoms. The third-order valence-corrected chi connectivity index (χ3v) is 5.17. The quantitative estimate of drug-likeness (QED) is 0.606. The van der Waals surface area contributed by atoms with Gasteiger partial charge >= 0.3 is 0 Å². The summed E-state index contributed by atoms with van der Waals surface area (Å²) in [5.74, 6) is 0.943. The summed E-state index contributed by atoms with van der Waals surface area (Å²) < 4.78 is 0. The predicted octanol–water partition coefficient (Wildman–Crippen LogP) is 4.32. The minimum atomic E-state index is 0.375. The van der Waals surface area contributed by atoms with Crippen LogP contribution in [-0.4, -0.2) is 23.5 Å². The number of rotatable bonds is 0. The van der Waals surface area contributed by atoms with E-state index < -0.39 is 0 Å². The lowest BCUT2D eigenvalue weighted by Crippen LogP contribution is -2.64. The SMILES string of the molecule is CC(C)(C)C1CCCC2(C1)CN(C(C)(C)C)C2. The molecule has 1 saturated heterocycles. The van der Waals surface area contributed by atoms with Crippen molar-refractivity contribution in [1.82, 2.24) is 4.90 Å². The zero-order valence-corrected chi connectivity index (χ0v) is 12.8. The van der Waals surface area contributed by atoms with Crippen molar-refractivity contribution in [3.63, 3.8) is 0 Å². The van der Waals surface area contributed by atoms with Crippen LogP contribution in [0.3, 0.4) is 0 Å². The minimum Gasteiger partial charge on any atom is -0.297 e. The Morgan fingerprint density at radius 2 is 1.59 bits per heavy atom. The van der Waals surface area contributed by atoms with E-state index in [1.807, 2.05) is 0 Å². The molecule has 1 heteroatoms. The molecule has 1 aliphatic heterocycles. The third-order valence-electron chi connectivity index (χ3n) is 5.17. The molecule has 1 nitrogen and oxygen atoms in total. The molecular weight excluding hydrogens is 206 g/mol. The molecule has 1 aliphatic carbocycles. The van der Waals surface area contributed by atoms with Crippen LogP contribution < -0.4 is 0 Å². The maximum Gasteiger partial charge on any atom is 0.0125 e. The smallest absolute Gasteiger partial charge is 0.0125 e. The van der Waals surface area contributed by atoms with Gasteiger partial charge < -0.3 is 0 Å². The van der Waals surface area contributed by atoms with E-state index in [0.717, 1.165) is 5.92 Å². The second kappa shape index (κ2) is 3.98. The summed E-state index contributed by atoms with van der Waals surface area (Å²) in [5, 5.41) is 0. The average Bonchev–Trinajstić information content (AvgIpc) is 2.11. The molecule has 1 spiro atoms. The number of likely N-dealkylation sites (tertiary alicyclic amines) is 1. The molecule has 0 aromatic heterocycles. The zero-order chi connectivity index (χ0) is 12.9. The lowest BCUT2D eigenvalue weighted by atomic mass is 9.59. The molecule has 1 atom stereocenters. The minimum absolute atomic E-state index is 0.375. The maximum absolute atomic E-state index is 2.66. The van der Waals surface area contributed by atoms with Crippen molar-refractivity contribution in [2.24, 2.45) is 16.7 Å². The molecule has 100 valence electrons. The first-order valence-electron chi connectivity index (χ1n) is 7.38. The molecule has 1 saturated carbocycles. The van der Waals surface area contributed by atoms with Gasteiger partial charge in [0.2, 0.25) is 0 Å². The fourth-order valence-electron chi connectivity index (χ4n) is 3.71. The van der Waals surface area contributed by atoms with Gasteiger partial charge in [0, 0.05) is 18.6 Å². The third kappa shape index (κ3) is 2.70. The first-order chi connectivity index (χ1) is 7.62. The Kier molecular flexibility index (Phi) is 3.14. The standard InChI is InChI=1S/C16H31N/c1-14(2,3)13-8-7-9-16(10-13)11-17(12-16)15(4,5)6/h13H,7-12H2,1-6H3. The summed E-state index contributed by atoms with van der Waals surface area (Å²) >= 11 is 0. The van der Waals surface area contributed by atoms with Gasteiger partial charge in [-0.15, -0.1) is 0 Å². The van der Waals surface area contributed by atoms with Gasteiger partial charge in [-0.25, -0.2) is 0 Å². The van der Waals surface area contributed by atoms with Crippen LogP contribution in [0.1, 0.15) is 67.2 Å². The summed E-state index contributed by atoms with van der Waals surface area (Å²) in [7, 11) is 0. The van der Waals surface area contributed by atoms with E-state index in [1.54, 1.807) is 0 Å².